The summed E-state index contributed by atoms with van der Waals surface area (Å²) in [6, 6.07) is 6.36. The normalized spacial score (nSPS) is 16.8. The molecule has 1 atom stereocenters. The van der Waals surface area contributed by atoms with E-state index in [1.54, 1.807) is 12.1 Å². The Morgan fingerprint density at radius 3 is 3.08 bits per heavy atom. The quantitative estimate of drug-likeness (QED) is 0.700. The van der Waals surface area contributed by atoms with Gasteiger partial charge in [-0.3, -0.25) is 9.67 Å². The van der Waals surface area contributed by atoms with Crippen molar-refractivity contribution in [1.29, 1.82) is 0 Å². The van der Waals surface area contributed by atoms with Crippen molar-refractivity contribution in [2.24, 2.45) is 0 Å². The number of halogens is 1. The van der Waals surface area contributed by atoms with Gasteiger partial charge in [0.15, 0.2) is 5.82 Å². The second kappa shape index (κ2) is 6.72. The Morgan fingerprint density at radius 2 is 2.31 bits per heavy atom. The Kier molecular flexibility index (Phi) is 4.26. The number of aromatic nitrogens is 3. The minimum atomic E-state index is -0.482. The van der Waals surface area contributed by atoms with Crippen molar-refractivity contribution in [1.82, 2.24) is 20.1 Å². The predicted molar refractivity (Wildman–Crippen MR) is 95.1 cm³/mol. The Balaban J connectivity index is 1.80. The van der Waals surface area contributed by atoms with E-state index in [4.69, 9.17) is 4.74 Å². The molecule has 0 spiro atoms. The molecule has 0 radical (unpaired) electrons. The number of ether oxygens (including phenoxy) is 1. The molecule has 26 heavy (non-hydrogen) atoms. The monoisotopic (exact) mass is 355 g/mol. The highest BCUT2D eigenvalue weighted by atomic mass is 19.1. The lowest BCUT2D eigenvalue weighted by Crippen LogP contribution is -2.14. The number of benzene rings is 1. The second-order valence-electron chi connectivity index (χ2n) is 6.14. The molecule has 0 saturated carbocycles. The molecule has 2 N–H and O–H groups in total. The second-order valence-corrected chi connectivity index (χ2v) is 6.14. The van der Waals surface area contributed by atoms with Gasteiger partial charge >= 0.3 is 5.97 Å². The number of fused-ring (bicyclic) bond motifs is 1. The summed E-state index contributed by atoms with van der Waals surface area (Å²) in [6.45, 7) is 1.74. The number of hydrogen-bond donors (Lipinski definition) is 2. The molecule has 7 nitrogen and oxygen atoms in total. The van der Waals surface area contributed by atoms with Crippen LogP contribution < -0.4 is 10.6 Å². The largest absolute Gasteiger partial charge is 0.465 e. The van der Waals surface area contributed by atoms with Crippen LogP contribution in [0.3, 0.4) is 0 Å². The van der Waals surface area contributed by atoms with Crippen molar-refractivity contribution in [3.63, 3.8) is 0 Å². The van der Waals surface area contributed by atoms with Crippen LogP contribution in [-0.2, 0) is 4.74 Å². The number of anilines is 2. The highest BCUT2D eigenvalue weighted by Gasteiger charge is 2.22. The van der Waals surface area contributed by atoms with Crippen LogP contribution in [0.2, 0.25) is 0 Å². The van der Waals surface area contributed by atoms with Crippen LogP contribution in [0, 0.1) is 5.82 Å². The van der Waals surface area contributed by atoms with Crippen molar-refractivity contribution >= 4 is 28.4 Å². The predicted octanol–water partition coefficient (Wildman–Crippen LogP) is 2.64. The first-order chi connectivity index (χ1) is 12.7. The molecule has 1 fully saturated rings. The standard InChI is InChI=1S/C18H18FN5O2/c1-26-18(25)13-5-7-21-10-15(13)22-17-14-8-11(19)2-3-16(14)24(23-17)12-4-6-20-9-12/h2-3,5,7-8,10,12,20H,4,6,9H2,1H3,(H,22,23)/t12-/m0/s1. The Bertz CT molecular complexity index is 965. The number of carbonyl (C=O) groups excluding carboxylic acids is 1. The Morgan fingerprint density at radius 1 is 1.42 bits per heavy atom. The van der Waals surface area contributed by atoms with Crippen molar-refractivity contribution < 1.29 is 13.9 Å². The lowest BCUT2D eigenvalue weighted by atomic mass is 10.2. The maximum absolute atomic E-state index is 13.8. The first-order valence-electron chi connectivity index (χ1n) is 8.35. The maximum atomic E-state index is 13.8. The summed E-state index contributed by atoms with van der Waals surface area (Å²) in [5, 5.41) is 11.7. The zero-order chi connectivity index (χ0) is 18.1. The van der Waals surface area contributed by atoms with Crippen LogP contribution >= 0.6 is 0 Å². The van der Waals surface area contributed by atoms with Gasteiger partial charge in [-0.15, -0.1) is 0 Å². The highest BCUT2D eigenvalue weighted by molar-refractivity contribution is 5.98. The van der Waals surface area contributed by atoms with E-state index in [1.165, 1.54) is 31.6 Å². The van der Waals surface area contributed by atoms with Gasteiger partial charge in [-0.05, 0) is 37.2 Å². The smallest absolute Gasteiger partial charge is 0.340 e. The molecule has 0 aliphatic carbocycles. The van der Waals surface area contributed by atoms with E-state index in [0.717, 1.165) is 25.0 Å². The molecule has 1 aliphatic heterocycles. The van der Waals surface area contributed by atoms with E-state index in [1.807, 2.05) is 4.68 Å². The molecule has 1 aromatic carbocycles. The summed E-state index contributed by atoms with van der Waals surface area (Å²) in [4.78, 5) is 16.0. The van der Waals surface area contributed by atoms with E-state index in [2.05, 4.69) is 20.7 Å². The summed E-state index contributed by atoms with van der Waals surface area (Å²) in [5.74, 6) is -0.349. The number of hydrogen-bond acceptors (Lipinski definition) is 6. The molecule has 134 valence electrons. The minimum absolute atomic E-state index is 0.201. The third kappa shape index (κ3) is 2.88. The third-order valence-corrected chi connectivity index (χ3v) is 4.53. The van der Waals surface area contributed by atoms with Gasteiger partial charge in [0, 0.05) is 18.1 Å². The lowest BCUT2D eigenvalue weighted by Gasteiger charge is -2.10. The summed E-state index contributed by atoms with van der Waals surface area (Å²) < 4.78 is 20.6. The lowest BCUT2D eigenvalue weighted by molar-refractivity contribution is 0.0602. The van der Waals surface area contributed by atoms with E-state index in [-0.39, 0.29) is 11.9 Å². The number of carbonyl (C=O) groups is 1. The number of methoxy groups -OCH3 is 1. The zero-order valence-electron chi connectivity index (χ0n) is 14.2. The molecule has 8 heteroatoms. The van der Waals surface area contributed by atoms with Crippen LogP contribution in [0.5, 0.6) is 0 Å². The number of nitrogens with zero attached hydrogens (tertiary/aromatic N) is 3. The van der Waals surface area contributed by atoms with Gasteiger partial charge in [0.1, 0.15) is 5.82 Å². The van der Waals surface area contributed by atoms with Crippen molar-refractivity contribution in [3.05, 3.63) is 48.0 Å². The fourth-order valence-electron chi connectivity index (χ4n) is 3.24. The van der Waals surface area contributed by atoms with Gasteiger partial charge in [0.2, 0.25) is 0 Å². The average Bonchev–Trinajstić information content (AvgIpc) is 3.30. The van der Waals surface area contributed by atoms with E-state index in [9.17, 15) is 9.18 Å². The van der Waals surface area contributed by atoms with E-state index in [0.29, 0.717) is 22.5 Å². The van der Waals surface area contributed by atoms with E-state index >= 15 is 0 Å². The molecule has 3 aromatic rings. The SMILES string of the molecule is COC(=O)c1ccncc1Nc1nn([C@H]2CCNC2)c2ccc(F)cc12. The van der Waals surface area contributed by atoms with Gasteiger partial charge in [-0.1, -0.05) is 0 Å². The first-order valence-corrected chi connectivity index (χ1v) is 8.35. The van der Waals surface area contributed by atoms with Crippen LogP contribution in [0.4, 0.5) is 15.9 Å². The number of nitrogens with one attached hydrogen (secondary N) is 2. The Labute approximate surface area is 149 Å². The first kappa shape index (κ1) is 16.5. The topological polar surface area (TPSA) is 81.1 Å². The summed E-state index contributed by atoms with van der Waals surface area (Å²) in [6.07, 6.45) is 3.99. The number of esters is 1. The fourth-order valence-corrected chi connectivity index (χ4v) is 3.24. The van der Waals surface area contributed by atoms with Gasteiger partial charge < -0.3 is 15.4 Å². The molecule has 0 bridgehead atoms. The molecule has 1 aliphatic rings. The number of pyridine rings is 1. The van der Waals surface area contributed by atoms with Crippen LogP contribution in [0.1, 0.15) is 22.8 Å². The fraction of sp³-hybridized carbons (Fsp3) is 0.278. The van der Waals surface area contributed by atoms with Gasteiger partial charge in [-0.25, -0.2) is 9.18 Å². The molecule has 3 heterocycles. The molecule has 1 saturated heterocycles. The van der Waals surface area contributed by atoms with Crippen molar-refractivity contribution in [2.45, 2.75) is 12.5 Å². The van der Waals surface area contributed by atoms with Crippen LogP contribution in [-0.4, -0.2) is 40.9 Å². The van der Waals surface area contributed by atoms with Crippen molar-refractivity contribution in [3.8, 4) is 0 Å². The van der Waals surface area contributed by atoms with Gasteiger partial charge in [0.05, 0.1) is 36.1 Å². The summed E-state index contributed by atoms with van der Waals surface area (Å²) in [7, 11) is 1.32. The van der Waals surface area contributed by atoms with Gasteiger partial charge in [0.25, 0.3) is 0 Å². The van der Waals surface area contributed by atoms with Crippen LogP contribution in [0.25, 0.3) is 10.9 Å². The van der Waals surface area contributed by atoms with E-state index < -0.39 is 5.97 Å². The Hall–Kier alpha value is -3.00. The summed E-state index contributed by atoms with van der Waals surface area (Å²) >= 11 is 0. The summed E-state index contributed by atoms with van der Waals surface area (Å²) in [5.41, 5.74) is 1.63. The zero-order valence-corrected chi connectivity index (χ0v) is 14.2. The molecule has 0 amide bonds. The number of rotatable bonds is 4. The molecular weight excluding hydrogens is 337 g/mol. The molecule has 2 aromatic heterocycles. The molecule has 4 rings (SSSR count). The third-order valence-electron chi connectivity index (χ3n) is 4.53. The van der Waals surface area contributed by atoms with Crippen LogP contribution in [0.15, 0.2) is 36.7 Å². The minimum Gasteiger partial charge on any atom is -0.465 e. The molecule has 0 unspecified atom stereocenters. The highest BCUT2D eigenvalue weighted by Crippen LogP contribution is 2.31. The van der Waals surface area contributed by atoms with Crippen molar-refractivity contribution in [2.75, 3.05) is 25.5 Å². The van der Waals surface area contributed by atoms with Gasteiger partial charge in [-0.2, -0.15) is 5.10 Å². The maximum Gasteiger partial charge on any atom is 0.340 e. The average molecular weight is 355 g/mol. The molecular formula is C18H18FN5O2.